The first kappa shape index (κ1) is 10.1. The van der Waals surface area contributed by atoms with Gasteiger partial charge in [-0.15, -0.1) is 0 Å². The maximum atomic E-state index is 12.1. The molecule has 0 unspecified atom stereocenters. The third-order valence-electron chi connectivity index (χ3n) is 3.09. The van der Waals surface area contributed by atoms with E-state index in [0.29, 0.717) is 11.2 Å². The summed E-state index contributed by atoms with van der Waals surface area (Å²) in [6.07, 6.45) is 3.95. The third-order valence-corrected chi connectivity index (χ3v) is 3.09. The second-order valence-electron chi connectivity index (χ2n) is 4.03. The van der Waals surface area contributed by atoms with Crippen LogP contribution in [0.5, 0.6) is 0 Å². The van der Waals surface area contributed by atoms with Gasteiger partial charge in [0, 0.05) is 11.8 Å². The molecule has 0 amide bonds. The zero-order chi connectivity index (χ0) is 12.0. The van der Waals surface area contributed by atoms with Gasteiger partial charge in [-0.1, -0.05) is 0 Å². The van der Waals surface area contributed by atoms with E-state index in [2.05, 4.69) is 14.8 Å². The molecular weight excluding hydrogens is 222 g/mol. The number of ether oxygens (including phenoxy) is 1. The van der Waals surface area contributed by atoms with Crippen LogP contribution >= 0.6 is 0 Å². The fourth-order valence-corrected chi connectivity index (χ4v) is 2.24. The van der Waals surface area contributed by atoms with Crippen LogP contribution in [0.1, 0.15) is 28.0 Å². The number of nitrogens with one attached hydrogen (secondary N) is 1. The Morgan fingerprint density at radius 2 is 2.35 bits per heavy atom. The van der Waals surface area contributed by atoms with Crippen LogP contribution in [-0.2, 0) is 17.6 Å². The number of carbonyl (C=O) groups is 1. The molecule has 2 aromatic heterocycles. The van der Waals surface area contributed by atoms with Gasteiger partial charge in [-0.25, -0.2) is 14.3 Å². The molecule has 0 atom stereocenters. The predicted octanol–water partition coefficient (Wildman–Crippen LogP) is 0.298. The number of esters is 1. The molecule has 0 saturated heterocycles. The second-order valence-corrected chi connectivity index (χ2v) is 4.03. The van der Waals surface area contributed by atoms with Crippen molar-refractivity contribution < 1.29 is 9.53 Å². The van der Waals surface area contributed by atoms with Crippen LogP contribution in [0.4, 0.5) is 0 Å². The largest absolute Gasteiger partial charge is 0.465 e. The highest BCUT2D eigenvalue weighted by Crippen LogP contribution is 2.18. The Labute approximate surface area is 96.2 Å². The van der Waals surface area contributed by atoms with Gasteiger partial charge in [0.05, 0.1) is 12.8 Å². The fourth-order valence-electron chi connectivity index (χ4n) is 2.24. The highest BCUT2D eigenvalue weighted by Gasteiger charge is 2.22. The highest BCUT2D eigenvalue weighted by atomic mass is 16.5. The molecule has 0 saturated carbocycles. The van der Waals surface area contributed by atoms with Crippen LogP contribution in [0.2, 0.25) is 0 Å². The number of aromatic amines is 1. The molecule has 0 aliphatic heterocycles. The summed E-state index contributed by atoms with van der Waals surface area (Å²) >= 11 is 0. The number of fused-ring (bicyclic) bond motifs is 2. The SMILES string of the molecule is COC(=O)c1c[nH]n2c(=O)c3c(nc12)CCC3. The fraction of sp³-hybridized carbons (Fsp3) is 0.364. The van der Waals surface area contributed by atoms with Gasteiger partial charge in [0.2, 0.25) is 0 Å². The molecule has 0 fully saturated rings. The predicted molar refractivity (Wildman–Crippen MR) is 59.2 cm³/mol. The molecular formula is C11H11N3O3. The van der Waals surface area contributed by atoms with Crippen LogP contribution in [0.15, 0.2) is 11.0 Å². The zero-order valence-corrected chi connectivity index (χ0v) is 9.32. The number of hydrogen-bond donors (Lipinski definition) is 1. The first-order chi connectivity index (χ1) is 8.22. The van der Waals surface area contributed by atoms with Crippen LogP contribution < -0.4 is 5.56 Å². The number of H-pyrrole nitrogens is 1. The molecule has 1 N–H and O–H groups in total. The molecule has 2 aromatic rings. The van der Waals surface area contributed by atoms with Crippen LogP contribution in [-0.4, -0.2) is 27.7 Å². The summed E-state index contributed by atoms with van der Waals surface area (Å²) in [5.74, 6) is -0.492. The van der Waals surface area contributed by atoms with E-state index in [9.17, 15) is 9.59 Å². The average molecular weight is 233 g/mol. The molecule has 6 heteroatoms. The van der Waals surface area contributed by atoms with Crippen molar-refractivity contribution in [2.75, 3.05) is 7.11 Å². The average Bonchev–Trinajstić information content (AvgIpc) is 2.94. The summed E-state index contributed by atoms with van der Waals surface area (Å²) in [6.45, 7) is 0. The minimum atomic E-state index is -0.492. The van der Waals surface area contributed by atoms with Gasteiger partial charge in [-0.3, -0.25) is 9.89 Å². The third kappa shape index (κ3) is 1.30. The Bertz CT molecular complexity index is 668. The normalized spacial score (nSPS) is 13.9. The molecule has 17 heavy (non-hydrogen) atoms. The van der Waals surface area contributed by atoms with Crippen LogP contribution in [0, 0.1) is 0 Å². The van der Waals surface area contributed by atoms with Gasteiger partial charge in [0.1, 0.15) is 5.56 Å². The van der Waals surface area contributed by atoms with E-state index in [1.807, 2.05) is 0 Å². The smallest absolute Gasteiger partial charge is 0.343 e. The van der Waals surface area contributed by atoms with Crippen molar-refractivity contribution in [3.8, 4) is 0 Å². The molecule has 2 heterocycles. The Kier molecular flexibility index (Phi) is 2.04. The second kappa shape index (κ2) is 3.44. The van der Waals surface area contributed by atoms with Crippen molar-refractivity contribution in [2.24, 2.45) is 0 Å². The summed E-state index contributed by atoms with van der Waals surface area (Å²) in [5.41, 5.74) is 2.08. The van der Waals surface area contributed by atoms with E-state index in [1.54, 1.807) is 0 Å². The molecule has 3 rings (SSSR count). The maximum Gasteiger partial charge on any atom is 0.343 e. The van der Waals surface area contributed by atoms with Gasteiger partial charge in [0.25, 0.3) is 5.56 Å². The number of rotatable bonds is 1. The van der Waals surface area contributed by atoms with Gasteiger partial charge in [-0.2, -0.15) is 0 Å². The molecule has 0 spiro atoms. The Hall–Kier alpha value is -2.11. The van der Waals surface area contributed by atoms with Crippen molar-refractivity contribution in [1.82, 2.24) is 14.6 Å². The summed E-state index contributed by atoms with van der Waals surface area (Å²) < 4.78 is 5.95. The van der Waals surface area contributed by atoms with Crippen molar-refractivity contribution in [3.05, 3.63) is 33.4 Å². The number of hydrogen-bond acceptors (Lipinski definition) is 4. The van der Waals surface area contributed by atoms with Crippen LogP contribution in [0.3, 0.4) is 0 Å². The minimum absolute atomic E-state index is 0.113. The lowest BCUT2D eigenvalue weighted by atomic mass is 10.2. The van der Waals surface area contributed by atoms with E-state index in [4.69, 9.17) is 0 Å². The summed E-state index contributed by atoms with van der Waals surface area (Å²) in [7, 11) is 1.30. The van der Waals surface area contributed by atoms with Crippen molar-refractivity contribution in [3.63, 3.8) is 0 Å². The Balaban J connectivity index is 2.34. The van der Waals surface area contributed by atoms with Crippen LogP contribution in [0.25, 0.3) is 5.65 Å². The number of aromatic nitrogens is 3. The minimum Gasteiger partial charge on any atom is -0.465 e. The first-order valence-electron chi connectivity index (χ1n) is 5.42. The number of aryl methyl sites for hydroxylation is 1. The van der Waals surface area contributed by atoms with E-state index >= 15 is 0 Å². The van der Waals surface area contributed by atoms with Gasteiger partial charge in [-0.05, 0) is 19.3 Å². The van der Waals surface area contributed by atoms with E-state index in [0.717, 1.165) is 30.5 Å². The standard InChI is InChI=1S/C11H11N3O3/c1-17-11(16)7-5-12-14-9(7)13-8-4-2-3-6(8)10(14)15/h5,12H,2-4H2,1H3. The topological polar surface area (TPSA) is 76.5 Å². The molecule has 0 aromatic carbocycles. The summed E-state index contributed by atoms with van der Waals surface area (Å²) in [4.78, 5) is 28.0. The maximum absolute atomic E-state index is 12.1. The van der Waals surface area contributed by atoms with Gasteiger partial charge in [0.15, 0.2) is 5.65 Å². The number of methoxy groups -OCH3 is 1. The lowest BCUT2D eigenvalue weighted by Gasteiger charge is -2.00. The van der Waals surface area contributed by atoms with Crippen molar-refractivity contribution in [1.29, 1.82) is 0 Å². The lowest BCUT2D eigenvalue weighted by Crippen LogP contribution is -2.20. The molecule has 1 aliphatic rings. The first-order valence-corrected chi connectivity index (χ1v) is 5.42. The number of nitrogens with zero attached hydrogens (tertiary/aromatic N) is 2. The molecule has 1 aliphatic carbocycles. The van der Waals surface area contributed by atoms with E-state index in [1.165, 1.54) is 17.8 Å². The van der Waals surface area contributed by atoms with Gasteiger partial charge >= 0.3 is 5.97 Å². The van der Waals surface area contributed by atoms with Crippen molar-refractivity contribution >= 4 is 11.6 Å². The quantitative estimate of drug-likeness (QED) is 0.718. The lowest BCUT2D eigenvalue weighted by molar-refractivity contribution is 0.0602. The van der Waals surface area contributed by atoms with E-state index < -0.39 is 5.97 Å². The van der Waals surface area contributed by atoms with Gasteiger partial charge < -0.3 is 4.74 Å². The zero-order valence-electron chi connectivity index (χ0n) is 9.32. The highest BCUT2D eigenvalue weighted by molar-refractivity contribution is 5.95. The summed E-state index contributed by atoms with van der Waals surface area (Å²) in [5, 5.41) is 2.74. The molecule has 0 bridgehead atoms. The molecule has 0 radical (unpaired) electrons. The Morgan fingerprint density at radius 1 is 1.53 bits per heavy atom. The summed E-state index contributed by atoms with van der Waals surface area (Å²) in [6, 6.07) is 0. The van der Waals surface area contributed by atoms with E-state index in [-0.39, 0.29) is 5.56 Å². The molecule has 6 nitrogen and oxygen atoms in total. The monoisotopic (exact) mass is 233 g/mol. The van der Waals surface area contributed by atoms with Crippen molar-refractivity contribution in [2.45, 2.75) is 19.3 Å². The number of carbonyl (C=O) groups excluding carboxylic acids is 1. The Morgan fingerprint density at radius 3 is 3.12 bits per heavy atom. The molecule has 88 valence electrons.